The van der Waals surface area contributed by atoms with E-state index in [4.69, 9.17) is 9.47 Å². The Hall–Kier alpha value is -2.75. The SMILES string of the molecule is COc1ccc(CC2NCCC2OC(=O)NCc2cc(C(F)(F)F)n[nH]2)cc1. The van der Waals surface area contributed by atoms with Crippen LogP contribution in [0.1, 0.15) is 23.4 Å². The summed E-state index contributed by atoms with van der Waals surface area (Å²) in [6, 6.07) is 8.45. The van der Waals surface area contributed by atoms with E-state index in [1.54, 1.807) is 7.11 Å². The highest BCUT2D eigenvalue weighted by Gasteiger charge is 2.34. The lowest BCUT2D eigenvalue weighted by atomic mass is 10.0. The number of aromatic nitrogens is 2. The normalized spacial score (nSPS) is 19.4. The van der Waals surface area contributed by atoms with Crippen LogP contribution in [-0.2, 0) is 23.9 Å². The number of alkyl halides is 3. The van der Waals surface area contributed by atoms with Crippen molar-refractivity contribution in [3.05, 3.63) is 47.3 Å². The van der Waals surface area contributed by atoms with Gasteiger partial charge in [0, 0.05) is 6.04 Å². The van der Waals surface area contributed by atoms with Crippen LogP contribution in [-0.4, -0.2) is 42.1 Å². The van der Waals surface area contributed by atoms with Crippen molar-refractivity contribution in [1.29, 1.82) is 0 Å². The topological polar surface area (TPSA) is 88.3 Å². The highest BCUT2D eigenvalue weighted by Crippen LogP contribution is 2.27. The molecule has 0 spiro atoms. The molecule has 1 saturated heterocycles. The Kier molecular flexibility index (Phi) is 6.08. The number of nitrogens with one attached hydrogen (secondary N) is 3. The molecule has 3 N–H and O–H groups in total. The van der Waals surface area contributed by atoms with Gasteiger partial charge in [-0.2, -0.15) is 18.3 Å². The van der Waals surface area contributed by atoms with Gasteiger partial charge in [-0.05, 0) is 43.1 Å². The van der Waals surface area contributed by atoms with Crippen LogP contribution in [0.5, 0.6) is 5.75 Å². The van der Waals surface area contributed by atoms with Crippen molar-refractivity contribution in [3.63, 3.8) is 0 Å². The van der Waals surface area contributed by atoms with Crippen LogP contribution in [0.2, 0.25) is 0 Å². The monoisotopic (exact) mass is 398 g/mol. The van der Waals surface area contributed by atoms with Crippen LogP contribution in [0.25, 0.3) is 0 Å². The molecule has 28 heavy (non-hydrogen) atoms. The third-order valence-corrected chi connectivity index (χ3v) is 4.50. The van der Waals surface area contributed by atoms with E-state index < -0.39 is 18.0 Å². The van der Waals surface area contributed by atoms with Gasteiger partial charge in [-0.1, -0.05) is 12.1 Å². The predicted molar refractivity (Wildman–Crippen MR) is 93.8 cm³/mol. The van der Waals surface area contributed by atoms with Crippen LogP contribution >= 0.6 is 0 Å². The van der Waals surface area contributed by atoms with Crippen LogP contribution in [0.15, 0.2) is 30.3 Å². The highest BCUT2D eigenvalue weighted by molar-refractivity contribution is 5.67. The second-order valence-corrected chi connectivity index (χ2v) is 6.47. The fourth-order valence-electron chi connectivity index (χ4n) is 3.05. The number of ether oxygens (including phenoxy) is 2. The molecular formula is C18H21F3N4O3. The number of methoxy groups -OCH3 is 1. The van der Waals surface area contributed by atoms with E-state index in [1.165, 1.54) is 0 Å². The third-order valence-electron chi connectivity index (χ3n) is 4.50. The molecule has 10 heteroatoms. The Morgan fingerprint density at radius 2 is 2.07 bits per heavy atom. The average Bonchev–Trinajstić information content (AvgIpc) is 3.30. The second-order valence-electron chi connectivity index (χ2n) is 6.47. The van der Waals surface area contributed by atoms with Crippen molar-refractivity contribution >= 4 is 6.09 Å². The minimum Gasteiger partial charge on any atom is -0.497 e. The summed E-state index contributed by atoms with van der Waals surface area (Å²) in [5, 5.41) is 11.2. The third kappa shape index (κ3) is 5.16. The van der Waals surface area contributed by atoms with Gasteiger partial charge in [0.2, 0.25) is 0 Å². The minimum absolute atomic E-state index is 0.0388. The first-order chi connectivity index (χ1) is 13.3. The maximum absolute atomic E-state index is 12.5. The standard InChI is InChI=1S/C18H21F3N4O3/c1-27-13-4-2-11(3-5-13)8-14-15(6-7-22-14)28-17(26)23-10-12-9-16(25-24-12)18(19,20)21/h2-5,9,14-15,22H,6-8,10H2,1H3,(H,23,26)(H,24,25). The maximum Gasteiger partial charge on any atom is 0.435 e. The summed E-state index contributed by atoms with van der Waals surface area (Å²) in [5.74, 6) is 0.766. The number of H-pyrrole nitrogens is 1. The summed E-state index contributed by atoms with van der Waals surface area (Å²) in [6.07, 6.45) is -4.20. The molecule has 2 aromatic rings. The number of amides is 1. The number of hydrogen-bond donors (Lipinski definition) is 3. The predicted octanol–water partition coefficient (Wildman–Crippen LogP) is 2.64. The molecule has 2 atom stereocenters. The molecule has 2 unspecified atom stereocenters. The smallest absolute Gasteiger partial charge is 0.435 e. The lowest BCUT2D eigenvalue weighted by molar-refractivity contribution is -0.141. The fraction of sp³-hybridized carbons (Fsp3) is 0.444. The molecule has 1 aromatic carbocycles. The molecule has 0 radical (unpaired) electrons. The van der Waals surface area contributed by atoms with E-state index in [9.17, 15) is 18.0 Å². The first kappa shape index (κ1) is 20.0. The van der Waals surface area contributed by atoms with Crippen molar-refractivity contribution in [1.82, 2.24) is 20.8 Å². The number of halogens is 3. The number of rotatable bonds is 6. The molecule has 0 bridgehead atoms. The van der Waals surface area contributed by atoms with Gasteiger partial charge in [0.25, 0.3) is 0 Å². The molecular weight excluding hydrogens is 377 g/mol. The highest BCUT2D eigenvalue weighted by atomic mass is 19.4. The molecule has 1 aliphatic rings. The van der Waals surface area contributed by atoms with E-state index in [0.29, 0.717) is 19.4 Å². The molecule has 2 heterocycles. The summed E-state index contributed by atoms with van der Waals surface area (Å²) in [6.45, 7) is 0.583. The van der Waals surface area contributed by atoms with Gasteiger partial charge in [0.05, 0.1) is 19.3 Å². The van der Waals surface area contributed by atoms with Gasteiger partial charge < -0.3 is 20.1 Å². The van der Waals surface area contributed by atoms with Crippen LogP contribution in [0.4, 0.5) is 18.0 Å². The quantitative estimate of drug-likeness (QED) is 0.696. The lowest BCUT2D eigenvalue weighted by Gasteiger charge is -2.20. The Morgan fingerprint density at radius 3 is 2.71 bits per heavy atom. The van der Waals surface area contributed by atoms with Gasteiger partial charge in [0.1, 0.15) is 11.9 Å². The van der Waals surface area contributed by atoms with Crippen molar-refractivity contribution in [2.75, 3.05) is 13.7 Å². The van der Waals surface area contributed by atoms with Crippen molar-refractivity contribution in [2.45, 2.75) is 37.7 Å². The molecule has 7 nitrogen and oxygen atoms in total. The Labute approximate surface area is 159 Å². The molecule has 1 fully saturated rings. The number of aromatic amines is 1. The number of benzene rings is 1. The van der Waals surface area contributed by atoms with Gasteiger partial charge in [-0.25, -0.2) is 4.79 Å². The number of hydrogen-bond acceptors (Lipinski definition) is 5. The van der Waals surface area contributed by atoms with Gasteiger partial charge in [-0.3, -0.25) is 5.10 Å². The van der Waals surface area contributed by atoms with Crippen LogP contribution in [0, 0.1) is 0 Å². The second kappa shape index (κ2) is 8.51. The summed E-state index contributed by atoms with van der Waals surface area (Å²) in [5.41, 5.74) is 0.187. The lowest BCUT2D eigenvalue weighted by Crippen LogP contribution is -2.38. The molecule has 1 aromatic heterocycles. The first-order valence-electron chi connectivity index (χ1n) is 8.77. The molecule has 152 valence electrons. The zero-order chi connectivity index (χ0) is 20.1. The number of carbonyl (C=O) groups excluding carboxylic acids is 1. The van der Waals surface area contributed by atoms with Crippen molar-refractivity contribution < 1.29 is 27.4 Å². The molecule has 3 rings (SSSR count). The van der Waals surface area contributed by atoms with Gasteiger partial charge >= 0.3 is 12.3 Å². The van der Waals surface area contributed by atoms with E-state index in [0.717, 1.165) is 17.4 Å². The van der Waals surface area contributed by atoms with Crippen molar-refractivity contribution in [3.8, 4) is 5.75 Å². The number of carbonyl (C=O) groups is 1. The summed E-state index contributed by atoms with van der Waals surface area (Å²) < 4.78 is 48.2. The van der Waals surface area contributed by atoms with E-state index in [1.807, 2.05) is 24.3 Å². The Morgan fingerprint density at radius 1 is 1.32 bits per heavy atom. The van der Waals surface area contributed by atoms with E-state index in [2.05, 4.69) is 20.8 Å². The van der Waals surface area contributed by atoms with Gasteiger partial charge in [-0.15, -0.1) is 0 Å². The molecule has 0 saturated carbocycles. The zero-order valence-electron chi connectivity index (χ0n) is 15.2. The number of nitrogens with zero attached hydrogens (tertiary/aromatic N) is 1. The fourth-order valence-corrected chi connectivity index (χ4v) is 3.05. The largest absolute Gasteiger partial charge is 0.497 e. The first-order valence-corrected chi connectivity index (χ1v) is 8.77. The molecule has 1 aliphatic heterocycles. The Balaban J connectivity index is 1.49. The molecule has 1 amide bonds. The zero-order valence-corrected chi connectivity index (χ0v) is 15.2. The van der Waals surface area contributed by atoms with Crippen LogP contribution < -0.4 is 15.4 Å². The Bertz CT molecular complexity index is 792. The van der Waals surface area contributed by atoms with Crippen molar-refractivity contribution in [2.24, 2.45) is 0 Å². The average molecular weight is 398 g/mol. The number of alkyl carbamates (subject to hydrolysis) is 1. The maximum atomic E-state index is 12.5. The van der Waals surface area contributed by atoms with E-state index >= 15 is 0 Å². The summed E-state index contributed by atoms with van der Waals surface area (Å²) in [4.78, 5) is 12.0. The molecule has 0 aliphatic carbocycles. The minimum atomic E-state index is -4.53. The van der Waals surface area contributed by atoms with E-state index in [-0.39, 0.29) is 24.4 Å². The van der Waals surface area contributed by atoms with Gasteiger partial charge in [0.15, 0.2) is 5.69 Å². The summed E-state index contributed by atoms with van der Waals surface area (Å²) >= 11 is 0. The van der Waals surface area contributed by atoms with Crippen LogP contribution in [0.3, 0.4) is 0 Å². The summed E-state index contributed by atoms with van der Waals surface area (Å²) in [7, 11) is 1.60.